The minimum Gasteiger partial charge on any atom is -0.452 e. The van der Waals surface area contributed by atoms with Gasteiger partial charge in [0.15, 0.2) is 11.6 Å². The number of rotatable bonds is 2. The molecule has 0 aromatic heterocycles. The minimum atomic E-state index is -1.16. The molecule has 0 saturated heterocycles. The third-order valence-electron chi connectivity index (χ3n) is 2.14. The van der Waals surface area contributed by atoms with Crippen LogP contribution in [-0.4, -0.2) is 0 Å². The van der Waals surface area contributed by atoms with Crippen molar-refractivity contribution >= 4 is 28.9 Å². The molecule has 2 N–H and O–H groups in total. The average Bonchev–Trinajstić information content (AvgIpc) is 2.28. The molecule has 0 aliphatic heterocycles. The minimum absolute atomic E-state index is 0.0232. The molecule has 0 saturated carbocycles. The van der Waals surface area contributed by atoms with Gasteiger partial charge in [-0.15, -0.1) is 0 Å². The highest BCUT2D eigenvalue weighted by Crippen LogP contribution is 2.34. The Morgan fingerprint density at radius 1 is 1.00 bits per heavy atom. The van der Waals surface area contributed by atoms with Gasteiger partial charge in [0, 0.05) is 10.0 Å². The van der Waals surface area contributed by atoms with E-state index in [1.54, 1.807) is 0 Å². The van der Waals surface area contributed by atoms with Crippen LogP contribution in [0.15, 0.2) is 30.3 Å². The number of halogens is 4. The van der Waals surface area contributed by atoms with Gasteiger partial charge in [0.1, 0.15) is 5.75 Å². The number of nitrogen functional groups attached to an aromatic ring is 1. The number of anilines is 1. The molecule has 2 aromatic carbocycles. The third-order valence-corrected chi connectivity index (χ3v) is 2.57. The molecule has 0 fully saturated rings. The average molecular weight is 290 g/mol. The lowest BCUT2D eigenvalue weighted by atomic mass is 10.2. The van der Waals surface area contributed by atoms with E-state index in [4.69, 9.17) is 33.7 Å². The zero-order chi connectivity index (χ0) is 13.3. The van der Waals surface area contributed by atoms with E-state index in [9.17, 15) is 8.78 Å². The largest absolute Gasteiger partial charge is 0.452 e. The predicted molar refractivity (Wildman–Crippen MR) is 67.3 cm³/mol. The van der Waals surface area contributed by atoms with Crippen molar-refractivity contribution in [3.05, 3.63) is 52.0 Å². The van der Waals surface area contributed by atoms with Crippen molar-refractivity contribution in [3.63, 3.8) is 0 Å². The van der Waals surface area contributed by atoms with Crippen LogP contribution in [0.2, 0.25) is 10.0 Å². The first kappa shape index (κ1) is 12.9. The second-order valence-corrected chi connectivity index (χ2v) is 4.36. The molecule has 0 spiro atoms. The molecular formula is C12H7Cl2F2NO. The van der Waals surface area contributed by atoms with Crippen LogP contribution in [0.5, 0.6) is 11.5 Å². The van der Waals surface area contributed by atoms with Gasteiger partial charge in [-0.25, -0.2) is 4.39 Å². The fourth-order valence-electron chi connectivity index (χ4n) is 1.36. The van der Waals surface area contributed by atoms with Crippen molar-refractivity contribution in [2.24, 2.45) is 0 Å². The van der Waals surface area contributed by atoms with E-state index in [-0.39, 0.29) is 11.4 Å². The van der Waals surface area contributed by atoms with Gasteiger partial charge in [0.25, 0.3) is 0 Å². The van der Waals surface area contributed by atoms with E-state index < -0.39 is 17.4 Å². The Labute approximate surface area is 112 Å². The lowest BCUT2D eigenvalue weighted by molar-refractivity contribution is 0.418. The second kappa shape index (κ2) is 5.00. The van der Waals surface area contributed by atoms with Crippen LogP contribution in [0.3, 0.4) is 0 Å². The second-order valence-electron chi connectivity index (χ2n) is 3.49. The van der Waals surface area contributed by atoms with Crippen molar-refractivity contribution in [1.82, 2.24) is 0 Å². The Morgan fingerprint density at radius 2 is 1.61 bits per heavy atom. The van der Waals surface area contributed by atoms with Crippen LogP contribution in [0.1, 0.15) is 0 Å². The summed E-state index contributed by atoms with van der Waals surface area (Å²) in [4.78, 5) is 0. The molecule has 0 amide bonds. The zero-order valence-corrected chi connectivity index (χ0v) is 10.4. The lowest BCUT2D eigenvalue weighted by Gasteiger charge is -2.10. The Morgan fingerprint density at radius 3 is 2.22 bits per heavy atom. The molecule has 2 rings (SSSR count). The Hall–Kier alpha value is -1.52. The molecule has 0 aliphatic carbocycles. The van der Waals surface area contributed by atoms with Crippen LogP contribution in [0.25, 0.3) is 0 Å². The first-order valence-electron chi connectivity index (χ1n) is 4.85. The summed E-state index contributed by atoms with van der Waals surface area (Å²) in [6.45, 7) is 0. The molecule has 0 radical (unpaired) electrons. The van der Waals surface area contributed by atoms with Crippen molar-refractivity contribution in [2.75, 3.05) is 5.73 Å². The standard InChI is InChI=1S/C12H7Cl2F2NO/c13-6-3-7(14)5-8(4-6)18-12-10(17)2-1-9(15)11(12)16/h1-5H,17H2. The maximum atomic E-state index is 13.5. The van der Waals surface area contributed by atoms with Gasteiger partial charge in [0.2, 0.25) is 5.82 Å². The highest BCUT2D eigenvalue weighted by Gasteiger charge is 2.14. The van der Waals surface area contributed by atoms with Gasteiger partial charge in [-0.05, 0) is 30.3 Å². The summed E-state index contributed by atoms with van der Waals surface area (Å²) in [5.74, 6) is -2.43. The van der Waals surface area contributed by atoms with Crippen LogP contribution >= 0.6 is 23.2 Å². The molecule has 94 valence electrons. The van der Waals surface area contributed by atoms with Gasteiger partial charge in [0.05, 0.1) is 5.69 Å². The summed E-state index contributed by atoms with van der Waals surface area (Å²) >= 11 is 11.5. The molecule has 0 atom stereocenters. The molecule has 6 heteroatoms. The predicted octanol–water partition coefficient (Wildman–Crippen LogP) is 4.65. The Bertz CT molecular complexity index is 585. The van der Waals surface area contributed by atoms with Gasteiger partial charge in [-0.3, -0.25) is 0 Å². The van der Waals surface area contributed by atoms with E-state index in [0.29, 0.717) is 10.0 Å². The molecule has 2 nitrogen and oxygen atoms in total. The number of benzene rings is 2. The normalized spacial score (nSPS) is 10.4. The third kappa shape index (κ3) is 2.66. The summed E-state index contributed by atoms with van der Waals surface area (Å²) in [5, 5.41) is 0.626. The molecule has 0 heterocycles. The topological polar surface area (TPSA) is 35.2 Å². The van der Waals surface area contributed by atoms with Crippen LogP contribution < -0.4 is 10.5 Å². The molecule has 0 unspecified atom stereocenters. The first-order valence-corrected chi connectivity index (χ1v) is 5.60. The SMILES string of the molecule is Nc1ccc(F)c(F)c1Oc1cc(Cl)cc(Cl)c1. The first-order chi connectivity index (χ1) is 8.47. The quantitative estimate of drug-likeness (QED) is 0.817. The lowest BCUT2D eigenvalue weighted by Crippen LogP contribution is -1.97. The van der Waals surface area contributed by atoms with Gasteiger partial charge in [-0.2, -0.15) is 4.39 Å². The van der Waals surface area contributed by atoms with Crippen molar-refractivity contribution < 1.29 is 13.5 Å². The van der Waals surface area contributed by atoms with Gasteiger partial charge < -0.3 is 10.5 Å². The summed E-state index contributed by atoms with van der Waals surface area (Å²) in [6.07, 6.45) is 0. The van der Waals surface area contributed by atoms with E-state index in [0.717, 1.165) is 6.07 Å². The summed E-state index contributed by atoms with van der Waals surface area (Å²) in [7, 11) is 0. The maximum absolute atomic E-state index is 13.5. The highest BCUT2D eigenvalue weighted by atomic mass is 35.5. The van der Waals surface area contributed by atoms with Crippen molar-refractivity contribution in [2.45, 2.75) is 0 Å². The number of ether oxygens (including phenoxy) is 1. The van der Waals surface area contributed by atoms with Crippen molar-refractivity contribution in [3.8, 4) is 11.5 Å². The van der Waals surface area contributed by atoms with E-state index in [2.05, 4.69) is 0 Å². The van der Waals surface area contributed by atoms with E-state index in [1.807, 2.05) is 0 Å². The summed E-state index contributed by atoms with van der Waals surface area (Å²) < 4.78 is 31.7. The molecular weight excluding hydrogens is 283 g/mol. The fraction of sp³-hybridized carbons (Fsp3) is 0. The number of hydrogen-bond donors (Lipinski definition) is 1. The van der Waals surface area contributed by atoms with Gasteiger partial charge >= 0.3 is 0 Å². The molecule has 18 heavy (non-hydrogen) atoms. The van der Waals surface area contributed by atoms with Crippen LogP contribution in [0, 0.1) is 11.6 Å². The molecule has 0 aliphatic rings. The van der Waals surface area contributed by atoms with Crippen LogP contribution in [0.4, 0.5) is 14.5 Å². The highest BCUT2D eigenvalue weighted by molar-refractivity contribution is 6.34. The molecule has 0 bridgehead atoms. The monoisotopic (exact) mass is 289 g/mol. The smallest absolute Gasteiger partial charge is 0.203 e. The number of nitrogens with two attached hydrogens (primary N) is 1. The van der Waals surface area contributed by atoms with Gasteiger partial charge in [-0.1, -0.05) is 23.2 Å². The Balaban J connectivity index is 2.42. The fourth-order valence-corrected chi connectivity index (χ4v) is 1.86. The maximum Gasteiger partial charge on any atom is 0.203 e. The summed E-state index contributed by atoms with van der Waals surface area (Å²) in [5.41, 5.74) is 5.49. The van der Waals surface area contributed by atoms with E-state index in [1.165, 1.54) is 24.3 Å². The number of hydrogen-bond acceptors (Lipinski definition) is 2. The summed E-state index contributed by atoms with van der Waals surface area (Å²) in [6, 6.07) is 6.44. The Kier molecular flexibility index (Phi) is 3.59. The van der Waals surface area contributed by atoms with Crippen LogP contribution in [-0.2, 0) is 0 Å². The molecule has 2 aromatic rings. The zero-order valence-electron chi connectivity index (χ0n) is 8.88. The van der Waals surface area contributed by atoms with E-state index >= 15 is 0 Å². The van der Waals surface area contributed by atoms with Crippen molar-refractivity contribution in [1.29, 1.82) is 0 Å².